The fraction of sp³-hybridized carbons (Fsp3) is 0.379. The van der Waals surface area contributed by atoms with Gasteiger partial charge in [-0.3, -0.25) is 14.5 Å². The van der Waals surface area contributed by atoms with E-state index in [4.69, 9.17) is 11.6 Å². The van der Waals surface area contributed by atoms with E-state index in [0.717, 1.165) is 33.6 Å². The number of fused-ring (bicyclic) bond motifs is 1. The maximum absolute atomic E-state index is 13.1. The number of hydrogen-bond donors (Lipinski definition) is 4. The van der Waals surface area contributed by atoms with E-state index < -0.39 is 21.9 Å². The smallest absolute Gasteiger partial charge is 0.253 e. The molecule has 40 heavy (non-hydrogen) atoms. The van der Waals surface area contributed by atoms with Gasteiger partial charge in [0.2, 0.25) is 5.91 Å². The fourth-order valence-corrected chi connectivity index (χ4v) is 7.04. The van der Waals surface area contributed by atoms with Crippen LogP contribution < -0.4 is 10.6 Å². The summed E-state index contributed by atoms with van der Waals surface area (Å²) in [6.07, 6.45) is -0.432. The first-order valence-electron chi connectivity index (χ1n) is 13.3. The first-order valence-corrected chi connectivity index (χ1v) is 15.5. The Bertz CT molecular complexity index is 1540. The molecule has 2 aromatic carbocycles. The van der Waals surface area contributed by atoms with E-state index in [-0.39, 0.29) is 36.4 Å². The summed E-state index contributed by atoms with van der Waals surface area (Å²) in [7, 11) is -2.99. The lowest BCUT2D eigenvalue weighted by Crippen LogP contribution is -2.46. The van der Waals surface area contributed by atoms with Gasteiger partial charge in [-0.25, -0.2) is 8.42 Å². The van der Waals surface area contributed by atoms with Gasteiger partial charge in [-0.1, -0.05) is 35.9 Å². The number of amides is 2. The zero-order chi connectivity index (χ0) is 28.6. The second-order valence-corrected chi connectivity index (χ2v) is 13.3. The van der Waals surface area contributed by atoms with Crippen molar-refractivity contribution in [2.24, 2.45) is 0 Å². The van der Waals surface area contributed by atoms with Crippen LogP contribution in [0.1, 0.15) is 38.8 Å². The van der Waals surface area contributed by atoms with E-state index in [1.165, 1.54) is 0 Å². The molecule has 1 fully saturated rings. The molecular weight excluding hydrogens is 552 g/mol. The van der Waals surface area contributed by atoms with Crippen molar-refractivity contribution < 1.29 is 23.1 Å². The van der Waals surface area contributed by atoms with Gasteiger partial charge in [-0.2, -0.15) is 0 Å². The fourth-order valence-electron chi connectivity index (χ4n) is 5.63. The van der Waals surface area contributed by atoms with Gasteiger partial charge < -0.3 is 20.7 Å². The van der Waals surface area contributed by atoms with Crippen LogP contribution in [0, 0.1) is 13.8 Å². The lowest BCUT2D eigenvalue weighted by atomic mass is 9.88. The van der Waals surface area contributed by atoms with E-state index in [0.29, 0.717) is 35.8 Å². The number of aliphatic hydroxyl groups excluding tert-OH is 1. The average Bonchev–Trinajstić information content (AvgIpc) is 3.38. The van der Waals surface area contributed by atoms with E-state index in [1.807, 2.05) is 61.2 Å². The van der Waals surface area contributed by atoms with Crippen molar-refractivity contribution in [1.29, 1.82) is 0 Å². The number of aryl methyl sites for hydroxylation is 1. The number of benzene rings is 2. The van der Waals surface area contributed by atoms with Crippen LogP contribution in [0.5, 0.6) is 0 Å². The first kappa shape index (κ1) is 28.4. The molecule has 2 aliphatic rings. The summed E-state index contributed by atoms with van der Waals surface area (Å²) in [5.41, 5.74) is 6.36. The molecular formula is C29H33ClN4O5S. The molecule has 3 aromatic rings. The highest BCUT2D eigenvalue weighted by atomic mass is 35.5. The van der Waals surface area contributed by atoms with Crippen LogP contribution >= 0.6 is 11.6 Å². The van der Waals surface area contributed by atoms with Crippen molar-refractivity contribution in [1.82, 2.24) is 15.2 Å². The standard InChI is InChI=1S/C29H33ClN4O5S/c1-17-25(14-23-27-22(19-6-8-20(30)9-7-19)4-3-5-24(27)33-28(23)36)32-18(2)26(17)29(37)31-15-21(35)16-34-10-12-40(38,39)13-11-34/h3-9,21,23,32,35H,10-16H2,1-2H3,(H,31,37)(H,33,36). The summed E-state index contributed by atoms with van der Waals surface area (Å²) in [4.78, 5) is 31.4. The molecule has 2 aliphatic heterocycles. The number of aromatic nitrogens is 1. The SMILES string of the molecule is Cc1[nH]c(CC2C(=O)Nc3cccc(-c4ccc(Cl)cc4)c32)c(C)c1C(=O)NCC(O)CN1CCS(=O)(=O)CC1. The van der Waals surface area contributed by atoms with Gasteiger partial charge >= 0.3 is 0 Å². The molecule has 4 N–H and O–H groups in total. The normalized spacial score (nSPS) is 19.2. The zero-order valence-corrected chi connectivity index (χ0v) is 24.0. The van der Waals surface area contributed by atoms with E-state index in [9.17, 15) is 23.1 Å². The molecule has 0 aliphatic carbocycles. The highest BCUT2D eigenvalue weighted by Gasteiger charge is 2.34. The van der Waals surface area contributed by atoms with Crippen molar-refractivity contribution in [2.75, 3.05) is 43.0 Å². The Kier molecular flexibility index (Phi) is 8.05. The Morgan fingerprint density at radius 1 is 1.15 bits per heavy atom. The molecule has 1 saturated heterocycles. The van der Waals surface area contributed by atoms with Gasteiger partial charge in [0.05, 0.1) is 29.1 Å². The maximum Gasteiger partial charge on any atom is 0.253 e. The summed E-state index contributed by atoms with van der Waals surface area (Å²) in [6.45, 7) is 4.77. The van der Waals surface area contributed by atoms with Crippen molar-refractivity contribution in [3.05, 3.63) is 75.6 Å². The van der Waals surface area contributed by atoms with Gasteiger partial charge in [0.15, 0.2) is 9.84 Å². The average molecular weight is 585 g/mol. The summed E-state index contributed by atoms with van der Waals surface area (Å²) in [6, 6.07) is 13.3. The molecule has 11 heteroatoms. The Hall–Kier alpha value is -3.18. The predicted octanol–water partition coefficient (Wildman–Crippen LogP) is 3.05. The Balaban J connectivity index is 1.29. The first-order chi connectivity index (χ1) is 19.0. The second kappa shape index (κ2) is 11.4. The van der Waals surface area contributed by atoms with Crippen LogP contribution in [0.25, 0.3) is 11.1 Å². The van der Waals surface area contributed by atoms with E-state index >= 15 is 0 Å². The van der Waals surface area contributed by atoms with Gasteiger partial charge in [-0.05, 0) is 54.3 Å². The number of anilines is 1. The van der Waals surface area contributed by atoms with Crippen LogP contribution in [0.3, 0.4) is 0 Å². The predicted molar refractivity (Wildman–Crippen MR) is 156 cm³/mol. The molecule has 2 atom stereocenters. The van der Waals surface area contributed by atoms with Crippen LogP contribution in [-0.4, -0.2) is 79.0 Å². The minimum Gasteiger partial charge on any atom is -0.390 e. The van der Waals surface area contributed by atoms with Gasteiger partial charge in [0.25, 0.3) is 5.91 Å². The van der Waals surface area contributed by atoms with Crippen LogP contribution in [0.2, 0.25) is 5.02 Å². The van der Waals surface area contributed by atoms with Crippen molar-refractivity contribution in [3.8, 4) is 11.1 Å². The van der Waals surface area contributed by atoms with Crippen molar-refractivity contribution in [2.45, 2.75) is 32.3 Å². The highest BCUT2D eigenvalue weighted by molar-refractivity contribution is 7.91. The lowest BCUT2D eigenvalue weighted by Gasteiger charge is -2.28. The minimum absolute atomic E-state index is 0.0460. The largest absolute Gasteiger partial charge is 0.390 e. The van der Waals surface area contributed by atoms with Crippen molar-refractivity contribution >= 4 is 38.9 Å². The van der Waals surface area contributed by atoms with Crippen LogP contribution in [0.4, 0.5) is 5.69 Å². The van der Waals surface area contributed by atoms with E-state index in [2.05, 4.69) is 15.6 Å². The summed E-state index contributed by atoms with van der Waals surface area (Å²) >= 11 is 6.09. The van der Waals surface area contributed by atoms with Crippen LogP contribution in [-0.2, 0) is 21.1 Å². The number of halogens is 1. The number of H-pyrrole nitrogens is 1. The Morgan fingerprint density at radius 3 is 2.55 bits per heavy atom. The van der Waals surface area contributed by atoms with E-state index in [1.54, 1.807) is 0 Å². The quantitative estimate of drug-likeness (QED) is 0.322. The minimum atomic E-state index is -2.99. The molecule has 2 unspecified atom stereocenters. The third kappa shape index (κ3) is 5.95. The highest BCUT2D eigenvalue weighted by Crippen LogP contribution is 2.42. The monoisotopic (exact) mass is 584 g/mol. The molecule has 0 radical (unpaired) electrons. The number of carbonyl (C=O) groups is 2. The van der Waals surface area contributed by atoms with Gasteiger partial charge in [0.1, 0.15) is 0 Å². The maximum atomic E-state index is 13.1. The number of sulfone groups is 1. The number of rotatable bonds is 8. The van der Waals surface area contributed by atoms with Gasteiger partial charge in [0, 0.05) is 54.7 Å². The number of aliphatic hydroxyl groups is 1. The topological polar surface area (TPSA) is 132 Å². The number of nitrogens with zero attached hydrogens (tertiary/aromatic N) is 1. The lowest BCUT2D eigenvalue weighted by molar-refractivity contribution is -0.117. The number of carbonyl (C=O) groups excluding carboxylic acids is 2. The molecule has 1 aromatic heterocycles. The molecule has 212 valence electrons. The summed E-state index contributed by atoms with van der Waals surface area (Å²) in [5, 5.41) is 16.9. The Morgan fingerprint density at radius 2 is 1.85 bits per heavy atom. The van der Waals surface area contributed by atoms with Gasteiger partial charge in [-0.15, -0.1) is 0 Å². The summed E-state index contributed by atoms with van der Waals surface area (Å²) < 4.78 is 23.2. The Labute approximate surface area is 238 Å². The number of hydrogen-bond acceptors (Lipinski definition) is 6. The molecule has 5 rings (SSSR count). The molecule has 3 heterocycles. The number of nitrogens with one attached hydrogen (secondary N) is 3. The molecule has 2 amide bonds. The van der Waals surface area contributed by atoms with Crippen molar-refractivity contribution in [3.63, 3.8) is 0 Å². The molecule has 0 saturated carbocycles. The molecule has 0 spiro atoms. The zero-order valence-electron chi connectivity index (χ0n) is 22.5. The summed E-state index contributed by atoms with van der Waals surface area (Å²) in [5.74, 6) is -0.675. The number of β-amino-alcohol motifs (C(OH)–C–C–N with tert-alkyl or cyclic N) is 1. The third-order valence-electron chi connectivity index (χ3n) is 7.76. The second-order valence-electron chi connectivity index (χ2n) is 10.6. The molecule has 0 bridgehead atoms. The molecule has 9 nitrogen and oxygen atoms in total. The number of aromatic amines is 1. The third-order valence-corrected chi connectivity index (χ3v) is 9.63. The van der Waals surface area contributed by atoms with Crippen LogP contribution in [0.15, 0.2) is 42.5 Å².